The zero-order chi connectivity index (χ0) is 10.2. The third-order valence-corrected chi connectivity index (χ3v) is 2.74. The Bertz CT molecular complexity index is 359. The molecule has 4 nitrogen and oxygen atoms in total. The molecule has 0 saturated carbocycles. The second-order valence-electron chi connectivity index (χ2n) is 3.73. The summed E-state index contributed by atoms with van der Waals surface area (Å²) in [4.78, 5) is 0. The third-order valence-electron chi connectivity index (χ3n) is 2.74. The fraction of sp³-hybridized carbons (Fsp3) is 0.500. The molecule has 0 saturated heterocycles. The third kappa shape index (κ3) is 1.23. The van der Waals surface area contributed by atoms with E-state index in [0.717, 1.165) is 24.3 Å². The van der Waals surface area contributed by atoms with E-state index >= 15 is 0 Å². The molecule has 0 radical (unpaired) electrons. The zero-order valence-electron chi connectivity index (χ0n) is 8.53. The van der Waals surface area contributed by atoms with Crippen LogP contribution in [-0.4, -0.2) is 16.9 Å². The van der Waals surface area contributed by atoms with Crippen LogP contribution in [0.15, 0.2) is 18.3 Å². The highest BCUT2D eigenvalue weighted by molar-refractivity contribution is 5.35. The van der Waals surface area contributed by atoms with Gasteiger partial charge in [-0.3, -0.25) is 0 Å². The SMILES string of the molecule is COc1c(C2(N)CC=CC2)cnn1C. The van der Waals surface area contributed by atoms with E-state index in [-0.39, 0.29) is 5.54 Å². The highest BCUT2D eigenvalue weighted by Gasteiger charge is 2.33. The van der Waals surface area contributed by atoms with Crippen molar-refractivity contribution in [3.63, 3.8) is 0 Å². The summed E-state index contributed by atoms with van der Waals surface area (Å²) in [5, 5.41) is 4.16. The quantitative estimate of drug-likeness (QED) is 0.711. The zero-order valence-corrected chi connectivity index (χ0v) is 8.53. The monoisotopic (exact) mass is 193 g/mol. The van der Waals surface area contributed by atoms with Gasteiger partial charge in [-0.25, -0.2) is 4.68 Å². The molecule has 76 valence electrons. The van der Waals surface area contributed by atoms with E-state index in [4.69, 9.17) is 10.5 Å². The largest absolute Gasteiger partial charge is 0.481 e. The molecule has 1 aromatic heterocycles. The number of aryl methyl sites for hydroxylation is 1. The van der Waals surface area contributed by atoms with Crippen molar-refractivity contribution in [2.75, 3.05) is 7.11 Å². The van der Waals surface area contributed by atoms with E-state index in [2.05, 4.69) is 17.3 Å². The Kier molecular flexibility index (Phi) is 2.07. The van der Waals surface area contributed by atoms with Crippen LogP contribution in [0.3, 0.4) is 0 Å². The first-order valence-corrected chi connectivity index (χ1v) is 4.68. The van der Waals surface area contributed by atoms with Crippen LogP contribution in [0.4, 0.5) is 0 Å². The van der Waals surface area contributed by atoms with Gasteiger partial charge in [-0.05, 0) is 12.8 Å². The van der Waals surface area contributed by atoms with Crippen LogP contribution in [0.2, 0.25) is 0 Å². The molecule has 0 spiro atoms. The Morgan fingerprint density at radius 1 is 1.50 bits per heavy atom. The molecule has 4 heteroatoms. The summed E-state index contributed by atoms with van der Waals surface area (Å²) in [6.07, 6.45) is 7.72. The van der Waals surface area contributed by atoms with Crippen molar-refractivity contribution in [3.05, 3.63) is 23.9 Å². The van der Waals surface area contributed by atoms with Crippen LogP contribution in [-0.2, 0) is 12.6 Å². The highest BCUT2D eigenvalue weighted by Crippen LogP contribution is 2.36. The summed E-state index contributed by atoms with van der Waals surface area (Å²) in [5.74, 6) is 0.760. The van der Waals surface area contributed by atoms with Crippen molar-refractivity contribution >= 4 is 0 Å². The van der Waals surface area contributed by atoms with Crippen molar-refractivity contribution in [1.29, 1.82) is 0 Å². The summed E-state index contributed by atoms with van der Waals surface area (Å²) < 4.78 is 7.00. The molecule has 0 aliphatic heterocycles. The van der Waals surface area contributed by atoms with Gasteiger partial charge in [0.2, 0.25) is 5.88 Å². The van der Waals surface area contributed by atoms with E-state index in [1.54, 1.807) is 18.0 Å². The molecular weight excluding hydrogens is 178 g/mol. The van der Waals surface area contributed by atoms with Gasteiger partial charge in [0.1, 0.15) is 0 Å². The Balaban J connectivity index is 2.40. The lowest BCUT2D eigenvalue weighted by Crippen LogP contribution is -2.33. The number of nitrogens with zero attached hydrogens (tertiary/aromatic N) is 2. The van der Waals surface area contributed by atoms with E-state index in [1.165, 1.54) is 0 Å². The molecule has 2 rings (SSSR count). The summed E-state index contributed by atoms with van der Waals surface area (Å²) in [7, 11) is 3.50. The second kappa shape index (κ2) is 3.13. The maximum Gasteiger partial charge on any atom is 0.216 e. The lowest BCUT2D eigenvalue weighted by atomic mass is 9.91. The van der Waals surface area contributed by atoms with Crippen LogP contribution in [0.25, 0.3) is 0 Å². The molecular formula is C10H15N3O. The molecule has 0 unspecified atom stereocenters. The van der Waals surface area contributed by atoms with Crippen molar-refractivity contribution in [2.24, 2.45) is 12.8 Å². The highest BCUT2D eigenvalue weighted by atomic mass is 16.5. The van der Waals surface area contributed by atoms with Crippen molar-refractivity contribution in [1.82, 2.24) is 9.78 Å². The summed E-state index contributed by atoms with van der Waals surface area (Å²) in [6.45, 7) is 0. The van der Waals surface area contributed by atoms with Crippen molar-refractivity contribution < 1.29 is 4.74 Å². The predicted octanol–water partition coefficient (Wildman–Crippen LogP) is 0.933. The van der Waals surface area contributed by atoms with Gasteiger partial charge >= 0.3 is 0 Å². The number of methoxy groups -OCH3 is 1. The summed E-state index contributed by atoms with van der Waals surface area (Å²) >= 11 is 0. The standard InChI is InChI=1S/C10H15N3O/c1-13-9(14-2)8(7-12-13)10(11)5-3-4-6-10/h3-4,7H,5-6,11H2,1-2H3. The number of ether oxygens (including phenoxy) is 1. The van der Waals surface area contributed by atoms with Gasteiger partial charge in [0, 0.05) is 7.05 Å². The minimum Gasteiger partial charge on any atom is -0.481 e. The first kappa shape index (κ1) is 9.27. The normalized spacial score (nSPS) is 18.8. The fourth-order valence-corrected chi connectivity index (χ4v) is 1.90. The summed E-state index contributed by atoms with van der Waals surface area (Å²) in [5.41, 5.74) is 6.95. The lowest BCUT2D eigenvalue weighted by molar-refractivity contribution is 0.352. The molecule has 2 N–H and O–H groups in total. The van der Waals surface area contributed by atoms with E-state index in [0.29, 0.717) is 0 Å². The molecule has 0 atom stereocenters. The van der Waals surface area contributed by atoms with Crippen LogP contribution >= 0.6 is 0 Å². The maximum atomic E-state index is 6.27. The fourth-order valence-electron chi connectivity index (χ4n) is 1.90. The van der Waals surface area contributed by atoms with Gasteiger partial charge in [0.05, 0.1) is 24.4 Å². The van der Waals surface area contributed by atoms with Crippen LogP contribution in [0.1, 0.15) is 18.4 Å². The molecule has 0 bridgehead atoms. The van der Waals surface area contributed by atoms with E-state index in [1.807, 2.05) is 7.05 Å². The topological polar surface area (TPSA) is 53.1 Å². The Hall–Kier alpha value is -1.29. The molecule has 1 aromatic rings. The first-order chi connectivity index (χ1) is 6.67. The van der Waals surface area contributed by atoms with Gasteiger partial charge in [-0.15, -0.1) is 0 Å². The van der Waals surface area contributed by atoms with Crippen LogP contribution < -0.4 is 10.5 Å². The molecule has 14 heavy (non-hydrogen) atoms. The van der Waals surface area contributed by atoms with E-state index in [9.17, 15) is 0 Å². The molecule has 0 aromatic carbocycles. The van der Waals surface area contributed by atoms with Gasteiger partial charge in [-0.2, -0.15) is 5.10 Å². The average Bonchev–Trinajstić information content (AvgIpc) is 2.73. The van der Waals surface area contributed by atoms with Gasteiger partial charge in [0.15, 0.2) is 0 Å². The molecule has 0 fully saturated rings. The van der Waals surface area contributed by atoms with Crippen LogP contribution in [0.5, 0.6) is 5.88 Å². The lowest BCUT2D eigenvalue weighted by Gasteiger charge is -2.23. The van der Waals surface area contributed by atoms with Gasteiger partial charge in [-0.1, -0.05) is 12.2 Å². The number of rotatable bonds is 2. The minimum absolute atomic E-state index is 0.320. The number of hydrogen-bond acceptors (Lipinski definition) is 3. The molecule has 1 aliphatic rings. The Labute approximate surface area is 83.4 Å². The first-order valence-electron chi connectivity index (χ1n) is 4.68. The number of aromatic nitrogens is 2. The van der Waals surface area contributed by atoms with Crippen molar-refractivity contribution in [2.45, 2.75) is 18.4 Å². The Morgan fingerprint density at radius 3 is 2.71 bits per heavy atom. The Morgan fingerprint density at radius 2 is 2.14 bits per heavy atom. The average molecular weight is 193 g/mol. The van der Waals surface area contributed by atoms with Gasteiger partial charge < -0.3 is 10.5 Å². The summed E-state index contributed by atoms with van der Waals surface area (Å²) in [6, 6.07) is 0. The molecule has 1 heterocycles. The van der Waals surface area contributed by atoms with Gasteiger partial charge in [0.25, 0.3) is 0 Å². The molecule has 1 aliphatic carbocycles. The van der Waals surface area contributed by atoms with E-state index < -0.39 is 0 Å². The minimum atomic E-state index is -0.320. The smallest absolute Gasteiger partial charge is 0.216 e. The predicted molar refractivity (Wildman–Crippen MR) is 54.0 cm³/mol. The van der Waals surface area contributed by atoms with Crippen molar-refractivity contribution in [3.8, 4) is 5.88 Å². The second-order valence-corrected chi connectivity index (χ2v) is 3.73. The number of nitrogens with two attached hydrogens (primary N) is 1. The number of hydrogen-bond donors (Lipinski definition) is 1. The van der Waals surface area contributed by atoms with Crippen LogP contribution in [0, 0.1) is 0 Å². The molecule has 0 amide bonds. The maximum absolute atomic E-state index is 6.27.